The average molecular weight is 347 g/mol. The van der Waals surface area contributed by atoms with Crippen LogP contribution in [0.15, 0.2) is 41.5 Å². The van der Waals surface area contributed by atoms with Gasteiger partial charge in [0.05, 0.1) is 10.9 Å². The van der Waals surface area contributed by atoms with Crippen molar-refractivity contribution < 1.29 is 4.79 Å². The molecule has 0 radical (unpaired) electrons. The summed E-state index contributed by atoms with van der Waals surface area (Å²) >= 11 is 5.70. The van der Waals surface area contributed by atoms with E-state index in [2.05, 4.69) is 20.3 Å². The highest BCUT2D eigenvalue weighted by atomic mass is 35.5. The first-order chi connectivity index (χ1) is 11.5. The van der Waals surface area contributed by atoms with E-state index in [-0.39, 0.29) is 22.6 Å². The van der Waals surface area contributed by atoms with E-state index in [4.69, 9.17) is 17.3 Å². The van der Waals surface area contributed by atoms with Gasteiger partial charge in [0.25, 0.3) is 11.5 Å². The van der Waals surface area contributed by atoms with Crippen molar-refractivity contribution in [2.75, 3.05) is 12.8 Å². The fraction of sp³-hybridized carbons (Fsp3) is 0.133. The van der Waals surface area contributed by atoms with Crippen LogP contribution in [0.3, 0.4) is 0 Å². The molecule has 3 aromatic rings. The second-order valence-electron chi connectivity index (χ2n) is 4.63. The number of aromatic nitrogens is 4. The molecule has 9 heteroatoms. The number of nitrogens with zero attached hydrogens (tertiary/aromatic N) is 4. The Kier molecular flexibility index (Phi) is 5.43. The number of amides is 1. The maximum atomic E-state index is 11.5. The van der Waals surface area contributed by atoms with E-state index in [0.29, 0.717) is 16.6 Å². The number of carbonyl (C=O) groups is 1. The third kappa shape index (κ3) is 3.66. The summed E-state index contributed by atoms with van der Waals surface area (Å²) in [6.07, 6.45) is 3.12. The van der Waals surface area contributed by atoms with Crippen LogP contribution in [0, 0.1) is 0 Å². The first-order valence-corrected chi connectivity index (χ1v) is 7.23. The van der Waals surface area contributed by atoms with E-state index in [1.807, 2.05) is 0 Å². The van der Waals surface area contributed by atoms with Gasteiger partial charge in [0.15, 0.2) is 5.65 Å². The summed E-state index contributed by atoms with van der Waals surface area (Å²) in [4.78, 5) is 34.2. The molecule has 3 aromatic heterocycles. The largest absolute Gasteiger partial charge is 0.383 e. The SMILES string of the molecule is CNC(=O)c1cccnc1N.Cn1c(Cl)nc2ncccc2c1=O. The van der Waals surface area contributed by atoms with Gasteiger partial charge in [-0.3, -0.25) is 14.2 Å². The number of fused-ring (bicyclic) bond motifs is 1. The van der Waals surface area contributed by atoms with Gasteiger partial charge in [-0.05, 0) is 35.9 Å². The molecule has 0 aromatic carbocycles. The van der Waals surface area contributed by atoms with Gasteiger partial charge in [-0.25, -0.2) is 9.97 Å². The van der Waals surface area contributed by atoms with Crippen molar-refractivity contribution in [1.82, 2.24) is 24.8 Å². The molecule has 0 atom stereocenters. The molecule has 0 saturated heterocycles. The first kappa shape index (κ1) is 17.4. The molecule has 24 heavy (non-hydrogen) atoms. The quantitative estimate of drug-likeness (QED) is 0.635. The number of nitrogens with one attached hydrogen (secondary N) is 1. The van der Waals surface area contributed by atoms with Crippen LogP contribution in [-0.4, -0.2) is 32.5 Å². The van der Waals surface area contributed by atoms with Gasteiger partial charge in [-0.15, -0.1) is 0 Å². The first-order valence-electron chi connectivity index (χ1n) is 6.85. The summed E-state index contributed by atoms with van der Waals surface area (Å²) in [5.74, 6) is 0.0439. The number of carbonyl (C=O) groups excluding carboxylic acids is 1. The van der Waals surface area contributed by atoms with E-state index >= 15 is 0 Å². The molecule has 0 aliphatic rings. The Morgan fingerprint density at radius 3 is 2.58 bits per heavy atom. The Morgan fingerprint density at radius 2 is 1.92 bits per heavy atom. The van der Waals surface area contributed by atoms with Crippen molar-refractivity contribution >= 4 is 34.4 Å². The minimum atomic E-state index is -0.212. The average Bonchev–Trinajstić information content (AvgIpc) is 2.60. The normalized spacial score (nSPS) is 9.96. The van der Waals surface area contributed by atoms with Crippen LogP contribution in [0.2, 0.25) is 5.28 Å². The summed E-state index contributed by atoms with van der Waals surface area (Å²) in [6.45, 7) is 0. The van der Waals surface area contributed by atoms with Gasteiger partial charge in [0, 0.05) is 26.5 Å². The lowest BCUT2D eigenvalue weighted by atomic mass is 10.2. The number of hydrogen-bond donors (Lipinski definition) is 2. The summed E-state index contributed by atoms with van der Waals surface area (Å²) in [6, 6.07) is 6.66. The molecular formula is C15H15ClN6O2. The van der Waals surface area contributed by atoms with Crippen LogP contribution < -0.4 is 16.6 Å². The summed E-state index contributed by atoms with van der Waals surface area (Å²) < 4.78 is 1.28. The Morgan fingerprint density at radius 1 is 1.25 bits per heavy atom. The maximum absolute atomic E-state index is 11.5. The van der Waals surface area contributed by atoms with Crippen LogP contribution in [0.1, 0.15) is 10.4 Å². The van der Waals surface area contributed by atoms with Crippen molar-refractivity contribution in [2.24, 2.45) is 7.05 Å². The number of rotatable bonds is 1. The highest BCUT2D eigenvalue weighted by Crippen LogP contribution is 2.07. The van der Waals surface area contributed by atoms with E-state index < -0.39 is 0 Å². The Balaban J connectivity index is 0.000000177. The maximum Gasteiger partial charge on any atom is 0.263 e. The van der Waals surface area contributed by atoms with Gasteiger partial charge in [0.2, 0.25) is 5.28 Å². The predicted octanol–water partition coefficient (Wildman–Crippen LogP) is 1.01. The van der Waals surface area contributed by atoms with Crippen molar-refractivity contribution in [3.05, 3.63) is 57.9 Å². The Bertz CT molecular complexity index is 941. The third-order valence-corrected chi connectivity index (χ3v) is 3.44. The Hall–Kier alpha value is -3.00. The number of anilines is 1. The predicted molar refractivity (Wildman–Crippen MR) is 91.8 cm³/mol. The molecule has 1 amide bonds. The zero-order valence-corrected chi connectivity index (χ0v) is 13.8. The minimum absolute atomic E-state index is 0.149. The van der Waals surface area contributed by atoms with Crippen LogP contribution in [0.5, 0.6) is 0 Å². The fourth-order valence-electron chi connectivity index (χ4n) is 1.82. The highest BCUT2D eigenvalue weighted by molar-refractivity contribution is 6.28. The van der Waals surface area contributed by atoms with Gasteiger partial charge in [-0.1, -0.05) is 0 Å². The molecular weight excluding hydrogens is 332 g/mol. The number of halogens is 1. The van der Waals surface area contributed by atoms with Crippen LogP contribution in [-0.2, 0) is 7.05 Å². The monoisotopic (exact) mass is 346 g/mol. The molecule has 0 spiro atoms. The number of pyridine rings is 2. The topological polar surface area (TPSA) is 116 Å². The number of nitrogens with two attached hydrogens (primary N) is 1. The van der Waals surface area contributed by atoms with Gasteiger partial charge in [0.1, 0.15) is 5.82 Å². The van der Waals surface area contributed by atoms with Gasteiger partial charge < -0.3 is 11.1 Å². The van der Waals surface area contributed by atoms with E-state index in [1.165, 1.54) is 4.57 Å². The van der Waals surface area contributed by atoms with Crippen LogP contribution in [0.25, 0.3) is 11.0 Å². The number of hydrogen-bond acceptors (Lipinski definition) is 6. The summed E-state index contributed by atoms with van der Waals surface area (Å²) in [7, 11) is 3.12. The molecule has 0 fully saturated rings. The van der Waals surface area contributed by atoms with Crippen LogP contribution >= 0.6 is 11.6 Å². The highest BCUT2D eigenvalue weighted by Gasteiger charge is 2.06. The molecule has 3 N–H and O–H groups in total. The smallest absolute Gasteiger partial charge is 0.263 e. The summed E-state index contributed by atoms with van der Waals surface area (Å²) in [5, 5.41) is 3.09. The van der Waals surface area contributed by atoms with Gasteiger partial charge >= 0.3 is 0 Å². The van der Waals surface area contributed by atoms with Crippen molar-refractivity contribution in [2.45, 2.75) is 0 Å². The molecule has 8 nitrogen and oxygen atoms in total. The van der Waals surface area contributed by atoms with E-state index in [9.17, 15) is 9.59 Å². The van der Waals surface area contributed by atoms with Crippen molar-refractivity contribution in [1.29, 1.82) is 0 Å². The lowest BCUT2D eigenvalue weighted by Crippen LogP contribution is -2.19. The van der Waals surface area contributed by atoms with Crippen molar-refractivity contribution in [3.8, 4) is 0 Å². The second kappa shape index (κ2) is 7.51. The van der Waals surface area contributed by atoms with E-state index in [0.717, 1.165) is 0 Å². The molecule has 0 unspecified atom stereocenters. The second-order valence-corrected chi connectivity index (χ2v) is 4.97. The molecule has 0 bridgehead atoms. The Labute approximate surface area is 142 Å². The third-order valence-electron chi connectivity index (χ3n) is 3.11. The fourth-order valence-corrected chi connectivity index (χ4v) is 1.98. The zero-order chi connectivity index (χ0) is 17.7. The molecule has 0 aliphatic carbocycles. The lowest BCUT2D eigenvalue weighted by Gasteiger charge is -2.01. The van der Waals surface area contributed by atoms with Crippen LogP contribution in [0.4, 0.5) is 5.82 Å². The van der Waals surface area contributed by atoms with Crippen molar-refractivity contribution in [3.63, 3.8) is 0 Å². The van der Waals surface area contributed by atoms with E-state index in [1.54, 1.807) is 50.8 Å². The number of nitrogen functional groups attached to an aromatic ring is 1. The summed E-state index contributed by atoms with van der Waals surface area (Å²) in [5.41, 5.74) is 6.04. The standard InChI is InChI=1S/C8H6ClN3O.C7H9N3O/c1-12-7(13)5-3-2-4-10-6(5)11-8(12)9;1-9-7(11)5-3-2-4-10-6(5)8/h2-4H,1H3;2-4H,1H3,(H2,8,10)(H,9,11). The molecule has 3 rings (SSSR count). The zero-order valence-electron chi connectivity index (χ0n) is 13.0. The molecule has 124 valence electrons. The molecule has 3 heterocycles. The minimum Gasteiger partial charge on any atom is -0.383 e. The molecule has 0 aliphatic heterocycles. The molecule has 0 saturated carbocycles. The van der Waals surface area contributed by atoms with Gasteiger partial charge in [-0.2, -0.15) is 4.98 Å². The lowest BCUT2D eigenvalue weighted by molar-refractivity contribution is 0.0963.